The van der Waals surface area contributed by atoms with Crippen LogP contribution in [0.15, 0.2) is 24.3 Å². The molecule has 2 aromatic heterocycles. The summed E-state index contributed by atoms with van der Waals surface area (Å²) in [5, 5.41) is 8.98. The summed E-state index contributed by atoms with van der Waals surface area (Å²) in [6.07, 6.45) is 0.800. The van der Waals surface area contributed by atoms with Crippen LogP contribution in [-0.2, 0) is 17.7 Å². The standard InChI is InChI=1S/C22H30ClN7O/c1-4-18-19-20(30(27-18)13-14-31-5-2)21(24-17-8-6-7-16(23)15-17)26-22(25-19)29-11-9-28(3)10-12-29/h6-8,15H,4-5,9-14H2,1-3H3,(H,24,25,26). The summed E-state index contributed by atoms with van der Waals surface area (Å²) in [5.74, 6) is 1.48. The maximum absolute atomic E-state index is 6.22. The van der Waals surface area contributed by atoms with Gasteiger partial charge in [0.1, 0.15) is 11.0 Å². The summed E-state index contributed by atoms with van der Waals surface area (Å²) >= 11 is 6.22. The van der Waals surface area contributed by atoms with E-state index in [1.54, 1.807) is 0 Å². The number of ether oxygens (including phenoxy) is 1. The summed E-state index contributed by atoms with van der Waals surface area (Å²) < 4.78 is 7.54. The Morgan fingerprint density at radius 3 is 2.65 bits per heavy atom. The minimum atomic E-state index is 0.591. The molecule has 1 aromatic carbocycles. The Labute approximate surface area is 188 Å². The molecule has 0 spiro atoms. The van der Waals surface area contributed by atoms with Gasteiger partial charge in [-0.1, -0.05) is 24.6 Å². The molecule has 0 amide bonds. The summed E-state index contributed by atoms with van der Waals surface area (Å²) in [7, 11) is 2.14. The average molecular weight is 444 g/mol. The third-order valence-corrected chi connectivity index (χ3v) is 5.74. The Bertz CT molecular complexity index is 1030. The second-order valence-electron chi connectivity index (χ2n) is 7.72. The van der Waals surface area contributed by atoms with Crippen LogP contribution in [0.1, 0.15) is 19.5 Å². The average Bonchev–Trinajstić information content (AvgIpc) is 3.12. The van der Waals surface area contributed by atoms with E-state index in [4.69, 9.17) is 31.4 Å². The molecule has 3 heterocycles. The van der Waals surface area contributed by atoms with Gasteiger partial charge < -0.3 is 19.9 Å². The molecule has 9 heteroatoms. The van der Waals surface area contributed by atoms with Crippen LogP contribution in [-0.4, -0.2) is 71.1 Å². The number of benzene rings is 1. The lowest BCUT2D eigenvalue weighted by Crippen LogP contribution is -2.45. The predicted molar refractivity (Wildman–Crippen MR) is 126 cm³/mol. The normalized spacial score (nSPS) is 15.0. The molecular formula is C22H30ClN7O. The Hall–Kier alpha value is -2.42. The van der Waals surface area contributed by atoms with E-state index in [9.17, 15) is 0 Å². The lowest BCUT2D eigenvalue weighted by molar-refractivity contribution is 0.137. The van der Waals surface area contributed by atoms with Crippen LogP contribution in [0.5, 0.6) is 0 Å². The second-order valence-corrected chi connectivity index (χ2v) is 8.15. The smallest absolute Gasteiger partial charge is 0.228 e. The molecule has 31 heavy (non-hydrogen) atoms. The lowest BCUT2D eigenvalue weighted by atomic mass is 10.2. The van der Waals surface area contributed by atoms with E-state index in [0.717, 1.165) is 66.8 Å². The van der Waals surface area contributed by atoms with Gasteiger partial charge in [0.05, 0.1) is 18.8 Å². The van der Waals surface area contributed by atoms with Crippen LogP contribution < -0.4 is 10.2 Å². The van der Waals surface area contributed by atoms with Gasteiger partial charge >= 0.3 is 0 Å². The number of nitrogens with zero attached hydrogens (tertiary/aromatic N) is 6. The topological polar surface area (TPSA) is 71.3 Å². The predicted octanol–water partition coefficient (Wildman–Crippen LogP) is 3.57. The second kappa shape index (κ2) is 9.80. The summed E-state index contributed by atoms with van der Waals surface area (Å²) in [4.78, 5) is 14.5. The number of aromatic nitrogens is 4. The number of hydrogen-bond acceptors (Lipinski definition) is 7. The third kappa shape index (κ3) is 4.92. The summed E-state index contributed by atoms with van der Waals surface area (Å²) in [5.41, 5.74) is 3.65. The highest BCUT2D eigenvalue weighted by Crippen LogP contribution is 2.30. The van der Waals surface area contributed by atoms with Crippen molar-refractivity contribution in [3.05, 3.63) is 35.0 Å². The van der Waals surface area contributed by atoms with Crippen molar-refractivity contribution in [2.24, 2.45) is 0 Å². The molecule has 1 aliphatic rings. The number of anilines is 3. The van der Waals surface area contributed by atoms with Crippen molar-refractivity contribution >= 4 is 40.1 Å². The Morgan fingerprint density at radius 2 is 1.94 bits per heavy atom. The van der Waals surface area contributed by atoms with E-state index in [1.807, 2.05) is 35.9 Å². The number of likely N-dealkylation sites (N-methyl/N-ethyl adjacent to an activating group) is 1. The van der Waals surface area contributed by atoms with Crippen molar-refractivity contribution in [2.45, 2.75) is 26.8 Å². The molecule has 166 valence electrons. The minimum absolute atomic E-state index is 0.591. The van der Waals surface area contributed by atoms with Crippen molar-refractivity contribution in [2.75, 3.05) is 56.7 Å². The van der Waals surface area contributed by atoms with E-state index in [-0.39, 0.29) is 0 Å². The first-order valence-electron chi connectivity index (χ1n) is 10.9. The highest BCUT2D eigenvalue weighted by molar-refractivity contribution is 6.30. The molecule has 4 rings (SSSR count). The first-order valence-corrected chi connectivity index (χ1v) is 11.3. The number of aryl methyl sites for hydroxylation is 1. The molecule has 0 aliphatic carbocycles. The Balaban J connectivity index is 1.79. The quantitative estimate of drug-likeness (QED) is 0.533. The molecule has 1 fully saturated rings. The van der Waals surface area contributed by atoms with E-state index < -0.39 is 0 Å². The lowest BCUT2D eigenvalue weighted by Gasteiger charge is -2.32. The van der Waals surface area contributed by atoms with E-state index in [1.165, 1.54) is 0 Å². The van der Waals surface area contributed by atoms with Gasteiger partial charge in [0.2, 0.25) is 5.95 Å². The maximum Gasteiger partial charge on any atom is 0.228 e. The van der Waals surface area contributed by atoms with Crippen molar-refractivity contribution < 1.29 is 4.74 Å². The first kappa shape index (κ1) is 21.8. The van der Waals surface area contributed by atoms with E-state index in [0.29, 0.717) is 24.8 Å². The zero-order valence-electron chi connectivity index (χ0n) is 18.4. The highest BCUT2D eigenvalue weighted by atomic mass is 35.5. The van der Waals surface area contributed by atoms with Crippen molar-refractivity contribution in [3.63, 3.8) is 0 Å². The fraction of sp³-hybridized carbons (Fsp3) is 0.500. The van der Waals surface area contributed by atoms with Crippen molar-refractivity contribution in [1.82, 2.24) is 24.6 Å². The first-order chi connectivity index (χ1) is 15.1. The van der Waals surface area contributed by atoms with Crippen molar-refractivity contribution in [1.29, 1.82) is 0 Å². The molecule has 1 N–H and O–H groups in total. The molecule has 0 unspecified atom stereocenters. The monoisotopic (exact) mass is 443 g/mol. The molecule has 1 aliphatic heterocycles. The summed E-state index contributed by atoms with van der Waals surface area (Å²) in [6, 6.07) is 7.66. The zero-order valence-corrected chi connectivity index (χ0v) is 19.2. The molecule has 1 saturated heterocycles. The molecule has 3 aromatic rings. The largest absolute Gasteiger partial charge is 0.380 e. The van der Waals surface area contributed by atoms with Crippen LogP contribution in [0.3, 0.4) is 0 Å². The number of hydrogen-bond donors (Lipinski definition) is 1. The molecule has 0 bridgehead atoms. The molecule has 0 atom stereocenters. The molecular weight excluding hydrogens is 414 g/mol. The molecule has 0 radical (unpaired) electrons. The number of rotatable bonds is 8. The fourth-order valence-corrected chi connectivity index (χ4v) is 3.96. The fourth-order valence-electron chi connectivity index (χ4n) is 3.77. The molecule has 0 saturated carbocycles. The molecule has 8 nitrogen and oxygen atoms in total. The van der Waals surface area contributed by atoms with Gasteiger partial charge in [0.15, 0.2) is 5.82 Å². The van der Waals surface area contributed by atoms with E-state index >= 15 is 0 Å². The van der Waals surface area contributed by atoms with Gasteiger partial charge in [-0.15, -0.1) is 0 Å². The van der Waals surface area contributed by atoms with Gasteiger partial charge in [-0.3, -0.25) is 4.68 Å². The van der Waals surface area contributed by atoms with Crippen LogP contribution in [0, 0.1) is 0 Å². The van der Waals surface area contributed by atoms with Crippen LogP contribution >= 0.6 is 11.6 Å². The van der Waals surface area contributed by atoms with Crippen LogP contribution in [0.25, 0.3) is 11.0 Å². The number of piperazine rings is 1. The highest BCUT2D eigenvalue weighted by Gasteiger charge is 2.22. The Kier molecular flexibility index (Phi) is 6.89. The van der Waals surface area contributed by atoms with Gasteiger partial charge in [-0.05, 0) is 38.6 Å². The van der Waals surface area contributed by atoms with Crippen LogP contribution in [0.4, 0.5) is 17.5 Å². The number of halogens is 1. The van der Waals surface area contributed by atoms with E-state index in [2.05, 4.69) is 29.1 Å². The summed E-state index contributed by atoms with van der Waals surface area (Å²) in [6.45, 7) is 9.81. The van der Waals surface area contributed by atoms with Gasteiger partial charge in [0, 0.05) is 43.5 Å². The number of nitrogens with one attached hydrogen (secondary N) is 1. The minimum Gasteiger partial charge on any atom is -0.380 e. The van der Waals surface area contributed by atoms with Gasteiger partial charge in [-0.2, -0.15) is 10.1 Å². The van der Waals surface area contributed by atoms with Crippen LogP contribution in [0.2, 0.25) is 5.02 Å². The van der Waals surface area contributed by atoms with Gasteiger partial charge in [0.25, 0.3) is 0 Å². The Morgan fingerprint density at radius 1 is 1.13 bits per heavy atom. The van der Waals surface area contributed by atoms with Gasteiger partial charge in [-0.25, -0.2) is 4.98 Å². The third-order valence-electron chi connectivity index (χ3n) is 5.51. The SMILES string of the molecule is CCOCCn1nc(CC)c2nc(N3CCN(C)CC3)nc(Nc3cccc(Cl)c3)c21. The van der Waals surface area contributed by atoms with Crippen molar-refractivity contribution in [3.8, 4) is 0 Å². The zero-order chi connectivity index (χ0) is 21.8. The number of fused-ring (bicyclic) bond motifs is 1. The maximum atomic E-state index is 6.22.